The molecule has 104 valence electrons. The van der Waals surface area contributed by atoms with E-state index in [2.05, 4.69) is 12.2 Å². The van der Waals surface area contributed by atoms with Gasteiger partial charge in [-0.15, -0.1) is 0 Å². The van der Waals surface area contributed by atoms with Crippen LogP contribution in [0, 0.1) is 17.8 Å². The van der Waals surface area contributed by atoms with Crippen molar-refractivity contribution in [1.82, 2.24) is 5.32 Å². The Morgan fingerprint density at radius 2 is 2.00 bits per heavy atom. The SMILES string of the molecule is CCCNC(c1cc(Cl)ccc1Cl)C1C2CCCC21. The van der Waals surface area contributed by atoms with Crippen molar-refractivity contribution in [2.45, 2.75) is 38.6 Å². The topological polar surface area (TPSA) is 12.0 Å². The molecule has 0 saturated heterocycles. The van der Waals surface area contributed by atoms with Gasteiger partial charge in [0, 0.05) is 16.1 Å². The van der Waals surface area contributed by atoms with E-state index in [0.29, 0.717) is 6.04 Å². The van der Waals surface area contributed by atoms with E-state index in [1.54, 1.807) is 0 Å². The molecule has 2 aliphatic rings. The Kier molecular flexibility index (Phi) is 4.07. The Balaban J connectivity index is 1.84. The van der Waals surface area contributed by atoms with Crippen LogP contribution >= 0.6 is 23.2 Å². The van der Waals surface area contributed by atoms with Crippen molar-refractivity contribution in [1.29, 1.82) is 0 Å². The van der Waals surface area contributed by atoms with Gasteiger partial charge < -0.3 is 5.32 Å². The summed E-state index contributed by atoms with van der Waals surface area (Å²) in [5.74, 6) is 2.62. The average molecular weight is 298 g/mol. The van der Waals surface area contributed by atoms with E-state index in [4.69, 9.17) is 23.2 Å². The van der Waals surface area contributed by atoms with Gasteiger partial charge in [0.2, 0.25) is 0 Å². The molecule has 2 aliphatic carbocycles. The third kappa shape index (κ3) is 2.66. The maximum atomic E-state index is 6.40. The van der Waals surface area contributed by atoms with Crippen LogP contribution in [0.5, 0.6) is 0 Å². The van der Waals surface area contributed by atoms with Crippen molar-refractivity contribution in [3.8, 4) is 0 Å². The summed E-state index contributed by atoms with van der Waals surface area (Å²) in [6.07, 6.45) is 5.36. The molecular formula is C16H21Cl2N. The van der Waals surface area contributed by atoms with Gasteiger partial charge in [-0.3, -0.25) is 0 Å². The minimum absolute atomic E-state index is 0.390. The zero-order valence-corrected chi connectivity index (χ0v) is 12.8. The number of benzene rings is 1. The molecule has 0 radical (unpaired) electrons. The van der Waals surface area contributed by atoms with Gasteiger partial charge in [-0.05, 0) is 67.3 Å². The van der Waals surface area contributed by atoms with Crippen LogP contribution in [0.15, 0.2) is 18.2 Å². The fraction of sp³-hybridized carbons (Fsp3) is 0.625. The second-order valence-electron chi connectivity index (χ2n) is 5.93. The number of hydrogen-bond donors (Lipinski definition) is 1. The van der Waals surface area contributed by atoms with Crippen LogP contribution < -0.4 is 5.32 Å². The normalized spacial score (nSPS) is 30.2. The van der Waals surface area contributed by atoms with Crippen LogP contribution in [0.3, 0.4) is 0 Å². The molecule has 3 atom stereocenters. The van der Waals surface area contributed by atoms with Crippen LogP contribution in [0.4, 0.5) is 0 Å². The molecule has 1 N–H and O–H groups in total. The van der Waals surface area contributed by atoms with Gasteiger partial charge in [0.05, 0.1) is 0 Å². The summed E-state index contributed by atoms with van der Waals surface area (Å²) >= 11 is 12.6. The maximum Gasteiger partial charge on any atom is 0.0454 e. The molecule has 19 heavy (non-hydrogen) atoms. The van der Waals surface area contributed by atoms with Crippen LogP contribution in [-0.2, 0) is 0 Å². The number of halogens is 2. The van der Waals surface area contributed by atoms with E-state index in [9.17, 15) is 0 Å². The largest absolute Gasteiger partial charge is 0.310 e. The number of fused-ring (bicyclic) bond motifs is 1. The van der Waals surface area contributed by atoms with E-state index in [1.807, 2.05) is 18.2 Å². The van der Waals surface area contributed by atoms with Gasteiger partial charge in [-0.2, -0.15) is 0 Å². The summed E-state index contributed by atoms with van der Waals surface area (Å²) in [4.78, 5) is 0. The Bertz CT molecular complexity index is 450. The Morgan fingerprint density at radius 1 is 1.26 bits per heavy atom. The highest BCUT2D eigenvalue weighted by Gasteiger charge is 2.56. The number of rotatable bonds is 5. The Labute approximate surface area is 125 Å². The lowest BCUT2D eigenvalue weighted by Gasteiger charge is -2.22. The average Bonchev–Trinajstić information content (AvgIpc) is 2.86. The zero-order chi connectivity index (χ0) is 13.4. The highest BCUT2D eigenvalue weighted by Crippen LogP contribution is 2.62. The van der Waals surface area contributed by atoms with E-state index >= 15 is 0 Å². The molecule has 2 fully saturated rings. The van der Waals surface area contributed by atoms with Gasteiger partial charge in [-0.25, -0.2) is 0 Å². The molecule has 0 spiro atoms. The summed E-state index contributed by atoms with van der Waals surface area (Å²) < 4.78 is 0. The second kappa shape index (κ2) is 5.63. The van der Waals surface area contributed by atoms with Crippen molar-refractivity contribution in [3.63, 3.8) is 0 Å². The number of hydrogen-bond acceptors (Lipinski definition) is 1. The fourth-order valence-electron chi connectivity index (χ4n) is 3.88. The molecule has 1 nitrogen and oxygen atoms in total. The summed E-state index contributed by atoms with van der Waals surface area (Å²) in [6.45, 7) is 3.25. The quantitative estimate of drug-likeness (QED) is 0.799. The van der Waals surface area contributed by atoms with Gasteiger partial charge in [0.25, 0.3) is 0 Å². The zero-order valence-electron chi connectivity index (χ0n) is 11.3. The van der Waals surface area contributed by atoms with E-state index in [0.717, 1.165) is 40.8 Å². The molecule has 3 rings (SSSR count). The van der Waals surface area contributed by atoms with E-state index in [-0.39, 0.29) is 0 Å². The van der Waals surface area contributed by atoms with Gasteiger partial charge in [-0.1, -0.05) is 36.5 Å². The Hall–Kier alpha value is -0.240. The third-order valence-corrected chi connectivity index (χ3v) is 5.34. The predicted octanol–water partition coefficient (Wildman–Crippen LogP) is 5.08. The first-order valence-corrected chi connectivity index (χ1v) is 8.16. The smallest absolute Gasteiger partial charge is 0.0454 e. The minimum atomic E-state index is 0.390. The molecule has 0 amide bonds. The molecule has 0 aromatic heterocycles. The lowest BCUT2D eigenvalue weighted by Crippen LogP contribution is -2.25. The van der Waals surface area contributed by atoms with E-state index in [1.165, 1.54) is 24.8 Å². The lowest BCUT2D eigenvalue weighted by atomic mass is 9.96. The van der Waals surface area contributed by atoms with Gasteiger partial charge >= 0.3 is 0 Å². The number of nitrogens with one attached hydrogen (secondary N) is 1. The summed E-state index contributed by atoms with van der Waals surface area (Å²) in [5.41, 5.74) is 1.20. The molecule has 1 aromatic carbocycles. The molecule has 3 heteroatoms. The molecule has 0 heterocycles. The first-order chi connectivity index (χ1) is 9.22. The van der Waals surface area contributed by atoms with Crippen LogP contribution in [0.1, 0.15) is 44.2 Å². The Morgan fingerprint density at radius 3 is 2.68 bits per heavy atom. The van der Waals surface area contributed by atoms with Crippen LogP contribution in [0.2, 0.25) is 10.0 Å². The summed E-state index contributed by atoms with van der Waals surface area (Å²) in [6, 6.07) is 6.24. The van der Waals surface area contributed by atoms with Crippen LogP contribution in [0.25, 0.3) is 0 Å². The summed E-state index contributed by atoms with van der Waals surface area (Å²) in [5, 5.41) is 5.34. The van der Waals surface area contributed by atoms with Crippen molar-refractivity contribution in [2.75, 3.05) is 6.54 Å². The standard InChI is InChI=1S/C16H21Cl2N/c1-2-8-19-16(15-11-4-3-5-12(11)15)13-9-10(17)6-7-14(13)18/h6-7,9,11-12,15-16,19H,2-5,8H2,1H3. The second-order valence-corrected chi connectivity index (χ2v) is 6.78. The van der Waals surface area contributed by atoms with Crippen molar-refractivity contribution in [3.05, 3.63) is 33.8 Å². The molecule has 0 bridgehead atoms. The van der Waals surface area contributed by atoms with Crippen molar-refractivity contribution < 1.29 is 0 Å². The molecule has 1 aromatic rings. The van der Waals surface area contributed by atoms with Gasteiger partial charge in [0.1, 0.15) is 0 Å². The summed E-state index contributed by atoms with van der Waals surface area (Å²) in [7, 11) is 0. The van der Waals surface area contributed by atoms with Gasteiger partial charge in [0.15, 0.2) is 0 Å². The van der Waals surface area contributed by atoms with Crippen molar-refractivity contribution >= 4 is 23.2 Å². The third-order valence-electron chi connectivity index (χ3n) is 4.77. The molecule has 0 aliphatic heterocycles. The van der Waals surface area contributed by atoms with Crippen LogP contribution in [-0.4, -0.2) is 6.54 Å². The maximum absolute atomic E-state index is 6.40. The monoisotopic (exact) mass is 297 g/mol. The highest BCUT2D eigenvalue weighted by atomic mass is 35.5. The minimum Gasteiger partial charge on any atom is -0.310 e. The molecule has 3 unspecified atom stereocenters. The molecular weight excluding hydrogens is 277 g/mol. The lowest BCUT2D eigenvalue weighted by molar-refractivity contribution is 0.418. The predicted molar refractivity (Wildman–Crippen MR) is 81.8 cm³/mol. The van der Waals surface area contributed by atoms with E-state index < -0.39 is 0 Å². The first kappa shape index (κ1) is 13.7. The first-order valence-electron chi connectivity index (χ1n) is 7.40. The molecule has 2 saturated carbocycles. The fourth-order valence-corrected chi connectivity index (χ4v) is 4.29. The highest BCUT2D eigenvalue weighted by molar-refractivity contribution is 6.33. The van der Waals surface area contributed by atoms with Crippen molar-refractivity contribution in [2.24, 2.45) is 17.8 Å².